The first-order chi connectivity index (χ1) is 12.6. The largest absolute Gasteiger partial charge is 0.306 e. The van der Waals surface area contributed by atoms with Crippen molar-refractivity contribution in [1.82, 2.24) is 25.0 Å². The van der Waals surface area contributed by atoms with Gasteiger partial charge in [-0.15, -0.1) is 20.4 Å². The van der Waals surface area contributed by atoms with E-state index in [1.54, 1.807) is 0 Å². The average molecular weight is 395 g/mol. The summed E-state index contributed by atoms with van der Waals surface area (Å²) >= 11 is 2.91. The fourth-order valence-corrected chi connectivity index (χ4v) is 4.95. The van der Waals surface area contributed by atoms with Crippen molar-refractivity contribution in [2.24, 2.45) is 0 Å². The molecule has 2 aromatic rings. The van der Waals surface area contributed by atoms with E-state index in [0.29, 0.717) is 17.0 Å². The Morgan fingerprint density at radius 1 is 1.23 bits per heavy atom. The Kier molecular flexibility index (Phi) is 6.63. The molecule has 0 aliphatic heterocycles. The lowest BCUT2D eigenvalue weighted by molar-refractivity contribution is -0.113. The van der Waals surface area contributed by atoms with Crippen molar-refractivity contribution in [3.05, 3.63) is 10.8 Å². The van der Waals surface area contributed by atoms with E-state index in [2.05, 4.69) is 51.0 Å². The summed E-state index contributed by atoms with van der Waals surface area (Å²) in [6.07, 6.45) is 6.21. The van der Waals surface area contributed by atoms with Crippen LogP contribution in [0.2, 0.25) is 0 Å². The number of anilines is 1. The van der Waals surface area contributed by atoms with Gasteiger partial charge < -0.3 is 4.57 Å². The average Bonchev–Trinajstić information content (AvgIpc) is 3.27. The van der Waals surface area contributed by atoms with Crippen molar-refractivity contribution in [1.29, 1.82) is 0 Å². The minimum Gasteiger partial charge on any atom is -0.306 e. The molecule has 1 aliphatic carbocycles. The van der Waals surface area contributed by atoms with E-state index >= 15 is 0 Å². The van der Waals surface area contributed by atoms with Gasteiger partial charge in [0, 0.05) is 18.4 Å². The van der Waals surface area contributed by atoms with Crippen molar-refractivity contribution in [3.63, 3.8) is 0 Å². The number of carbonyl (C=O) groups excluding carboxylic acids is 1. The van der Waals surface area contributed by atoms with Crippen LogP contribution in [0.5, 0.6) is 0 Å². The predicted octanol–water partition coefficient (Wildman–Crippen LogP) is 4.05. The van der Waals surface area contributed by atoms with Gasteiger partial charge in [-0.1, -0.05) is 56.2 Å². The van der Waals surface area contributed by atoms with Crippen LogP contribution in [-0.2, 0) is 11.3 Å². The Morgan fingerprint density at radius 3 is 2.69 bits per heavy atom. The van der Waals surface area contributed by atoms with Crippen molar-refractivity contribution < 1.29 is 4.79 Å². The zero-order valence-electron chi connectivity index (χ0n) is 15.6. The molecular formula is C17H26N6OS2. The highest BCUT2D eigenvalue weighted by Crippen LogP contribution is 2.35. The number of carbonyl (C=O) groups is 1. The van der Waals surface area contributed by atoms with Crippen molar-refractivity contribution in [3.8, 4) is 0 Å². The van der Waals surface area contributed by atoms with Crippen molar-refractivity contribution >= 4 is 34.1 Å². The standard InChI is InChI=1S/C17H26N6OS2/c1-4-23-14(11(2)3)19-22-17(23)25-10-13(24)18-16-21-20-15(26-16)12-8-6-5-7-9-12/h11-12H,4-10H2,1-3H3,(H,18,21,24). The second-order valence-electron chi connectivity index (χ2n) is 6.86. The Bertz CT molecular complexity index is 735. The quantitative estimate of drug-likeness (QED) is 0.713. The van der Waals surface area contributed by atoms with E-state index in [-0.39, 0.29) is 11.7 Å². The van der Waals surface area contributed by atoms with Gasteiger partial charge in [-0.05, 0) is 19.8 Å². The number of nitrogens with zero attached hydrogens (tertiary/aromatic N) is 5. The van der Waals surface area contributed by atoms with Gasteiger partial charge in [0.15, 0.2) is 5.16 Å². The van der Waals surface area contributed by atoms with Crippen LogP contribution in [0.3, 0.4) is 0 Å². The first-order valence-electron chi connectivity index (χ1n) is 9.27. The maximum atomic E-state index is 12.3. The molecule has 1 amide bonds. The predicted molar refractivity (Wildman–Crippen MR) is 105 cm³/mol. The van der Waals surface area contributed by atoms with Gasteiger partial charge in [-0.3, -0.25) is 10.1 Å². The fraction of sp³-hybridized carbons (Fsp3) is 0.706. The minimum absolute atomic E-state index is 0.0851. The van der Waals surface area contributed by atoms with E-state index in [0.717, 1.165) is 22.5 Å². The smallest absolute Gasteiger partial charge is 0.236 e. The topological polar surface area (TPSA) is 85.6 Å². The van der Waals surface area contributed by atoms with Gasteiger partial charge in [0.25, 0.3) is 0 Å². The summed E-state index contributed by atoms with van der Waals surface area (Å²) in [7, 11) is 0. The molecule has 0 aromatic carbocycles. The Balaban J connectivity index is 1.54. The monoisotopic (exact) mass is 394 g/mol. The normalized spacial score (nSPS) is 15.5. The van der Waals surface area contributed by atoms with Gasteiger partial charge in [0.2, 0.25) is 11.0 Å². The number of amides is 1. The van der Waals surface area contributed by atoms with Crippen molar-refractivity contribution in [2.45, 2.75) is 76.4 Å². The molecule has 1 fully saturated rings. The number of nitrogens with one attached hydrogen (secondary N) is 1. The molecule has 1 aliphatic rings. The fourth-order valence-electron chi connectivity index (χ4n) is 3.22. The maximum absolute atomic E-state index is 12.3. The molecule has 2 aromatic heterocycles. The molecule has 0 atom stereocenters. The first-order valence-corrected chi connectivity index (χ1v) is 11.1. The molecule has 1 saturated carbocycles. The highest BCUT2D eigenvalue weighted by molar-refractivity contribution is 7.99. The summed E-state index contributed by atoms with van der Waals surface area (Å²) in [5.41, 5.74) is 0. The van der Waals surface area contributed by atoms with Crippen LogP contribution in [0.15, 0.2) is 5.16 Å². The van der Waals surface area contributed by atoms with Gasteiger partial charge in [-0.25, -0.2) is 0 Å². The molecule has 9 heteroatoms. The molecule has 2 heterocycles. The van der Waals surface area contributed by atoms with Gasteiger partial charge in [0.05, 0.1) is 5.75 Å². The van der Waals surface area contributed by atoms with Crippen LogP contribution in [0, 0.1) is 0 Å². The molecule has 0 radical (unpaired) electrons. The summed E-state index contributed by atoms with van der Waals surface area (Å²) < 4.78 is 2.06. The third-order valence-corrected chi connectivity index (χ3v) is 6.52. The molecule has 7 nitrogen and oxygen atoms in total. The van der Waals surface area contributed by atoms with Gasteiger partial charge in [0.1, 0.15) is 10.8 Å². The summed E-state index contributed by atoms with van der Waals surface area (Å²) in [6, 6.07) is 0. The van der Waals surface area contributed by atoms with Crippen LogP contribution < -0.4 is 5.32 Å². The van der Waals surface area contributed by atoms with E-state index < -0.39 is 0 Å². The van der Waals surface area contributed by atoms with Crippen LogP contribution in [0.4, 0.5) is 5.13 Å². The third-order valence-electron chi connectivity index (χ3n) is 4.55. The summed E-state index contributed by atoms with van der Waals surface area (Å²) in [4.78, 5) is 12.3. The van der Waals surface area contributed by atoms with E-state index in [9.17, 15) is 4.79 Å². The second-order valence-corrected chi connectivity index (χ2v) is 8.81. The maximum Gasteiger partial charge on any atom is 0.236 e. The van der Waals surface area contributed by atoms with Crippen LogP contribution in [0.1, 0.15) is 75.5 Å². The van der Waals surface area contributed by atoms with E-state index in [4.69, 9.17) is 0 Å². The highest BCUT2D eigenvalue weighted by Gasteiger charge is 2.20. The lowest BCUT2D eigenvalue weighted by atomic mass is 9.90. The number of aromatic nitrogens is 5. The van der Waals surface area contributed by atoms with Gasteiger partial charge in [-0.2, -0.15) is 0 Å². The Morgan fingerprint density at radius 2 is 2.00 bits per heavy atom. The lowest BCUT2D eigenvalue weighted by Gasteiger charge is -2.18. The minimum atomic E-state index is -0.0851. The second kappa shape index (κ2) is 8.94. The molecule has 0 saturated heterocycles. The Labute approximate surface area is 162 Å². The number of rotatable bonds is 7. The zero-order valence-corrected chi connectivity index (χ0v) is 17.2. The molecule has 3 rings (SSSR count). The van der Waals surface area contributed by atoms with Gasteiger partial charge >= 0.3 is 0 Å². The number of hydrogen-bond donors (Lipinski definition) is 1. The lowest BCUT2D eigenvalue weighted by Crippen LogP contribution is -2.14. The highest BCUT2D eigenvalue weighted by atomic mass is 32.2. The van der Waals surface area contributed by atoms with E-state index in [1.165, 1.54) is 55.2 Å². The van der Waals surface area contributed by atoms with Crippen molar-refractivity contribution in [2.75, 3.05) is 11.1 Å². The summed E-state index contributed by atoms with van der Waals surface area (Å²) in [6.45, 7) is 7.05. The van der Waals surface area contributed by atoms with E-state index in [1.807, 2.05) is 0 Å². The Hall–Kier alpha value is -1.48. The molecule has 26 heavy (non-hydrogen) atoms. The molecular weight excluding hydrogens is 368 g/mol. The summed E-state index contributed by atoms with van der Waals surface area (Å²) in [5.74, 6) is 1.98. The third kappa shape index (κ3) is 4.62. The summed E-state index contributed by atoms with van der Waals surface area (Å²) in [5, 5.41) is 22.2. The van der Waals surface area contributed by atoms with Crippen LogP contribution in [0.25, 0.3) is 0 Å². The molecule has 142 valence electrons. The number of hydrogen-bond acceptors (Lipinski definition) is 7. The molecule has 0 bridgehead atoms. The molecule has 1 N–H and O–H groups in total. The zero-order chi connectivity index (χ0) is 18.5. The first kappa shape index (κ1) is 19.3. The molecule has 0 unspecified atom stereocenters. The van der Waals surface area contributed by atoms with Crippen LogP contribution in [-0.4, -0.2) is 36.6 Å². The molecule has 0 spiro atoms. The number of thioether (sulfide) groups is 1. The SMILES string of the molecule is CCn1c(SCC(=O)Nc2nnc(C3CCCCC3)s2)nnc1C(C)C. The van der Waals surface area contributed by atoms with Crippen LogP contribution >= 0.6 is 23.1 Å².